The summed E-state index contributed by atoms with van der Waals surface area (Å²) in [7, 11) is 0. The molecule has 6 nitrogen and oxygen atoms in total. The van der Waals surface area contributed by atoms with Gasteiger partial charge in [-0.05, 0) is 54.1 Å². The van der Waals surface area contributed by atoms with Crippen LogP contribution < -0.4 is 10.2 Å². The molecule has 0 saturated heterocycles. The largest absolute Gasteiger partial charge is 0.355 e. The number of anilines is 1. The lowest BCUT2D eigenvalue weighted by molar-refractivity contribution is -0.141. The van der Waals surface area contributed by atoms with Crippen LogP contribution in [0.1, 0.15) is 41.3 Å². The number of hydrogen-bond acceptors (Lipinski definition) is 3. The molecule has 5 rings (SSSR count). The Morgan fingerprint density at radius 2 is 1.62 bits per heavy atom. The zero-order chi connectivity index (χ0) is 28.1. The Morgan fingerprint density at radius 1 is 0.900 bits per heavy atom. The predicted molar refractivity (Wildman–Crippen MR) is 159 cm³/mol. The lowest BCUT2D eigenvalue weighted by Crippen LogP contribution is -2.50. The number of carbonyl (C=O) groups is 3. The molecule has 0 bridgehead atoms. The predicted octanol–water partition coefficient (Wildman–Crippen LogP) is 6.01. The van der Waals surface area contributed by atoms with Gasteiger partial charge in [-0.1, -0.05) is 78.3 Å². The van der Waals surface area contributed by atoms with E-state index in [1.165, 1.54) is 0 Å². The molecule has 1 aliphatic rings. The van der Waals surface area contributed by atoms with Crippen molar-refractivity contribution >= 4 is 45.8 Å². The van der Waals surface area contributed by atoms with Crippen molar-refractivity contribution in [3.05, 3.63) is 113 Å². The highest BCUT2D eigenvalue weighted by Gasteiger charge is 2.32. The normalized spacial score (nSPS) is 12.9. The van der Waals surface area contributed by atoms with Gasteiger partial charge in [0.1, 0.15) is 6.04 Å². The summed E-state index contributed by atoms with van der Waals surface area (Å²) < 4.78 is 0. The van der Waals surface area contributed by atoms with Crippen molar-refractivity contribution in [1.82, 2.24) is 10.2 Å². The van der Waals surface area contributed by atoms with Crippen molar-refractivity contribution in [2.24, 2.45) is 0 Å². The fraction of sp³-hybridized carbons (Fsp3) is 0.242. The van der Waals surface area contributed by atoms with E-state index in [1.807, 2.05) is 85.8 Å². The monoisotopic (exact) mass is 553 g/mol. The minimum absolute atomic E-state index is 0.0402. The number of carbonyl (C=O) groups excluding carboxylic acids is 3. The minimum atomic E-state index is -0.683. The van der Waals surface area contributed by atoms with Crippen LogP contribution in [0.5, 0.6) is 0 Å². The number of likely N-dealkylation sites (N-methyl/N-ethyl adjacent to an activating group) is 1. The maximum Gasteiger partial charge on any atom is 0.258 e. The van der Waals surface area contributed by atoms with Crippen molar-refractivity contribution in [2.45, 2.75) is 38.8 Å². The Balaban J connectivity index is 1.36. The summed E-state index contributed by atoms with van der Waals surface area (Å²) in [6.45, 7) is 3.03. The van der Waals surface area contributed by atoms with Crippen LogP contribution in [0.25, 0.3) is 10.8 Å². The SMILES string of the molecule is CCNC(=O)[C@H](Cc1ccccc1)N(Cc1ccc(Cl)cc1)C(=O)CCCN1C(=O)c2cccc3cccc1c23. The lowest BCUT2D eigenvalue weighted by atomic mass is 10.0. The quantitative estimate of drug-likeness (QED) is 0.247. The van der Waals surface area contributed by atoms with Gasteiger partial charge in [0.25, 0.3) is 5.91 Å². The molecule has 0 aromatic heterocycles. The van der Waals surface area contributed by atoms with E-state index >= 15 is 0 Å². The standard InChI is InChI=1S/C33H32ClN3O3/c1-2-35-32(39)29(21-23-9-4-3-5-10-23)37(22-24-16-18-26(34)19-17-24)30(38)15-8-20-36-28-14-7-12-25-11-6-13-27(31(25)28)33(36)40/h3-7,9-14,16-19,29H,2,8,15,20-22H2,1H3,(H,35,39)/t29-/m0/s1. The molecule has 0 radical (unpaired) electrons. The number of rotatable bonds is 11. The highest BCUT2D eigenvalue weighted by Crippen LogP contribution is 2.37. The first-order valence-electron chi connectivity index (χ1n) is 13.7. The summed E-state index contributed by atoms with van der Waals surface area (Å²) in [5.41, 5.74) is 3.44. The molecule has 3 amide bonds. The Morgan fingerprint density at radius 3 is 2.35 bits per heavy atom. The zero-order valence-corrected chi connectivity index (χ0v) is 23.2. The molecule has 0 unspecified atom stereocenters. The van der Waals surface area contributed by atoms with Crippen molar-refractivity contribution < 1.29 is 14.4 Å². The number of hydrogen-bond donors (Lipinski definition) is 1. The van der Waals surface area contributed by atoms with Gasteiger partial charge in [0.2, 0.25) is 11.8 Å². The average molecular weight is 554 g/mol. The van der Waals surface area contributed by atoms with E-state index < -0.39 is 6.04 Å². The molecule has 1 N–H and O–H groups in total. The number of amides is 3. The van der Waals surface area contributed by atoms with Crippen LogP contribution in [0.2, 0.25) is 5.02 Å². The third-order valence-electron chi connectivity index (χ3n) is 7.31. The molecule has 1 aliphatic heterocycles. The number of nitrogens with zero attached hydrogens (tertiary/aromatic N) is 2. The molecule has 1 heterocycles. The molecular weight excluding hydrogens is 522 g/mol. The molecule has 40 heavy (non-hydrogen) atoms. The highest BCUT2D eigenvalue weighted by atomic mass is 35.5. The fourth-order valence-electron chi connectivity index (χ4n) is 5.37. The molecule has 0 aliphatic carbocycles. The van der Waals surface area contributed by atoms with E-state index in [-0.39, 0.29) is 30.7 Å². The van der Waals surface area contributed by atoms with Gasteiger partial charge in [-0.25, -0.2) is 0 Å². The van der Waals surface area contributed by atoms with Crippen molar-refractivity contribution in [1.29, 1.82) is 0 Å². The molecule has 204 valence electrons. The van der Waals surface area contributed by atoms with Gasteiger partial charge in [-0.15, -0.1) is 0 Å². The smallest absolute Gasteiger partial charge is 0.258 e. The van der Waals surface area contributed by atoms with Gasteiger partial charge in [-0.2, -0.15) is 0 Å². The molecule has 0 fully saturated rings. The van der Waals surface area contributed by atoms with Crippen LogP contribution in [0.15, 0.2) is 91.0 Å². The average Bonchev–Trinajstić information content (AvgIpc) is 3.24. The molecule has 0 spiro atoms. The van der Waals surface area contributed by atoms with Crippen LogP contribution >= 0.6 is 11.6 Å². The van der Waals surface area contributed by atoms with Gasteiger partial charge in [-0.3, -0.25) is 14.4 Å². The first-order chi connectivity index (χ1) is 19.5. The fourth-order valence-corrected chi connectivity index (χ4v) is 5.49. The second-order valence-corrected chi connectivity index (χ2v) is 10.4. The number of benzene rings is 4. The van der Waals surface area contributed by atoms with E-state index in [0.717, 1.165) is 27.6 Å². The first-order valence-corrected chi connectivity index (χ1v) is 14.0. The van der Waals surface area contributed by atoms with Crippen LogP contribution in [0.3, 0.4) is 0 Å². The Kier molecular flexibility index (Phi) is 8.46. The Labute approximate surface area is 239 Å². The van der Waals surface area contributed by atoms with E-state index in [9.17, 15) is 14.4 Å². The van der Waals surface area contributed by atoms with Gasteiger partial charge < -0.3 is 15.1 Å². The van der Waals surface area contributed by atoms with E-state index in [2.05, 4.69) is 5.32 Å². The van der Waals surface area contributed by atoms with Crippen LogP contribution in [0, 0.1) is 0 Å². The van der Waals surface area contributed by atoms with Crippen molar-refractivity contribution in [3.8, 4) is 0 Å². The van der Waals surface area contributed by atoms with Crippen molar-refractivity contribution in [3.63, 3.8) is 0 Å². The number of nitrogens with one attached hydrogen (secondary N) is 1. The molecule has 1 atom stereocenters. The second kappa shape index (κ2) is 12.3. The minimum Gasteiger partial charge on any atom is -0.355 e. The van der Waals surface area contributed by atoms with E-state index in [0.29, 0.717) is 36.5 Å². The van der Waals surface area contributed by atoms with Crippen molar-refractivity contribution in [2.75, 3.05) is 18.0 Å². The molecule has 7 heteroatoms. The summed E-state index contributed by atoms with van der Waals surface area (Å²) in [5, 5.41) is 5.52. The van der Waals surface area contributed by atoms with Gasteiger partial charge in [0.15, 0.2) is 0 Å². The van der Waals surface area contributed by atoms with Gasteiger partial charge in [0, 0.05) is 48.4 Å². The molecule has 4 aromatic rings. The Bertz CT molecular complexity index is 1520. The molecular formula is C33H32ClN3O3. The summed E-state index contributed by atoms with van der Waals surface area (Å²) in [6.07, 6.45) is 1.07. The van der Waals surface area contributed by atoms with E-state index in [4.69, 9.17) is 11.6 Å². The van der Waals surface area contributed by atoms with E-state index in [1.54, 1.807) is 21.9 Å². The number of halogens is 1. The third kappa shape index (κ3) is 5.87. The lowest BCUT2D eigenvalue weighted by Gasteiger charge is -2.32. The van der Waals surface area contributed by atoms with Crippen LogP contribution in [0.4, 0.5) is 5.69 Å². The second-order valence-electron chi connectivity index (χ2n) is 9.99. The summed E-state index contributed by atoms with van der Waals surface area (Å²) in [4.78, 5) is 43.8. The van der Waals surface area contributed by atoms with Gasteiger partial charge >= 0.3 is 0 Å². The Hall–Kier alpha value is -4.16. The zero-order valence-electron chi connectivity index (χ0n) is 22.5. The maximum absolute atomic E-state index is 13.8. The van der Waals surface area contributed by atoms with Gasteiger partial charge in [0.05, 0.1) is 5.69 Å². The summed E-state index contributed by atoms with van der Waals surface area (Å²) in [5.74, 6) is -0.364. The highest BCUT2D eigenvalue weighted by molar-refractivity contribution is 6.30. The third-order valence-corrected chi connectivity index (χ3v) is 7.56. The first kappa shape index (κ1) is 27.4. The van der Waals surface area contributed by atoms with Crippen LogP contribution in [-0.2, 0) is 22.6 Å². The topological polar surface area (TPSA) is 69.7 Å². The van der Waals surface area contributed by atoms with Crippen LogP contribution in [-0.4, -0.2) is 41.8 Å². The molecule has 0 saturated carbocycles. The summed E-state index contributed by atoms with van der Waals surface area (Å²) >= 11 is 6.10. The maximum atomic E-state index is 13.8. The summed E-state index contributed by atoms with van der Waals surface area (Å²) in [6, 6.07) is 28.0. The molecule has 4 aromatic carbocycles.